The Morgan fingerprint density at radius 2 is 2.26 bits per heavy atom. The van der Waals surface area contributed by atoms with E-state index >= 15 is 0 Å². The predicted octanol–water partition coefficient (Wildman–Crippen LogP) is 2.00. The molecular formula is C15H22N2O2. The van der Waals surface area contributed by atoms with Crippen molar-refractivity contribution in [3.8, 4) is 0 Å². The normalized spacial score (nSPS) is 22.1. The number of hydrogen-bond donors (Lipinski definition) is 2. The van der Waals surface area contributed by atoms with Crippen molar-refractivity contribution in [2.24, 2.45) is 5.92 Å². The van der Waals surface area contributed by atoms with Gasteiger partial charge in [0.15, 0.2) is 0 Å². The molecule has 1 aromatic rings. The average molecular weight is 262 g/mol. The molecule has 0 saturated carbocycles. The Bertz CT molecular complexity index is 448. The number of hydrogen-bond acceptors (Lipinski definition) is 3. The number of piperidine rings is 1. The molecule has 1 saturated heterocycles. The first kappa shape index (κ1) is 13.9. The largest absolute Gasteiger partial charge is 0.481 e. The maximum absolute atomic E-state index is 11.1. The quantitative estimate of drug-likeness (QED) is 0.814. The van der Waals surface area contributed by atoms with Gasteiger partial charge in [-0.25, -0.2) is 0 Å². The van der Waals surface area contributed by atoms with Crippen molar-refractivity contribution in [3.05, 3.63) is 29.8 Å². The molecule has 0 bridgehead atoms. The minimum atomic E-state index is -0.670. The number of nitrogens with zero attached hydrogens (tertiary/aromatic N) is 1. The molecule has 104 valence electrons. The molecule has 3 N–H and O–H groups in total. The highest BCUT2D eigenvalue weighted by molar-refractivity contribution is 5.70. The minimum absolute atomic E-state index is 0.218. The molecule has 1 heterocycles. The Hall–Kier alpha value is -1.55. The Balaban J connectivity index is 1.98. The van der Waals surface area contributed by atoms with E-state index in [1.54, 1.807) is 0 Å². The van der Waals surface area contributed by atoms with Gasteiger partial charge in [0.05, 0.1) is 5.92 Å². The fourth-order valence-electron chi connectivity index (χ4n) is 2.78. The molecule has 19 heavy (non-hydrogen) atoms. The van der Waals surface area contributed by atoms with Crippen LogP contribution in [0.4, 0.5) is 5.69 Å². The lowest BCUT2D eigenvalue weighted by Crippen LogP contribution is -2.44. The molecular weight excluding hydrogens is 240 g/mol. The van der Waals surface area contributed by atoms with Gasteiger partial charge >= 0.3 is 5.97 Å². The molecule has 1 aliphatic rings. The summed E-state index contributed by atoms with van der Waals surface area (Å²) in [5.74, 6) is -0.888. The maximum atomic E-state index is 11.1. The van der Waals surface area contributed by atoms with E-state index in [2.05, 4.69) is 11.8 Å². The molecule has 0 spiro atoms. The van der Waals surface area contributed by atoms with Gasteiger partial charge in [-0.15, -0.1) is 0 Å². The Labute approximate surface area is 114 Å². The molecule has 2 atom stereocenters. The zero-order valence-corrected chi connectivity index (χ0v) is 11.4. The molecule has 0 amide bonds. The van der Waals surface area contributed by atoms with Crippen LogP contribution in [-0.4, -0.2) is 35.1 Å². The monoisotopic (exact) mass is 262 g/mol. The minimum Gasteiger partial charge on any atom is -0.481 e. The third-order valence-electron chi connectivity index (χ3n) is 4.00. The number of carboxylic acids is 1. The van der Waals surface area contributed by atoms with Gasteiger partial charge < -0.3 is 10.8 Å². The van der Waals surface area contributed by atoms with Gasteiger partial charge in [-0.05, 0) is 44.4 Å². The molecule has 1 aliphatic heterocycles. The lowest BCUT2D eigenvalue weighted by Gasteiger charge is -2.35. The van der Waals surface area contributed by atoms with E-state index in [-0.39, 0.29) is 5.92 Å². The van der Waals surface area contributed by atoms with Crippen LogP contribution >= 0.6 is 0 Å². The smallest absolute Gasteiger partial charge is 0.307 e. The number of carbonyl (C=O) groups is 1. The van der Waals surface area contributed by atoms with Crippen molar-refractivity contribution < 1.29 is 9.90 Å². The van der Waals surface area contributed by atoms with E-state index < -0.39 is 5.97 Å². The molecule has 0 aliphatic carbocycles. The number of para-hydroxylation sites is 1. The maximum Gasteiger partial charge on any atom is 0.307 e. The number of anilines is 1. The van der Waals surface area contributed by atoms with Crippen LogP contribution in [0, 0.1) is 5.92 Å². The van der Waals surface area contributed by atoms with E-state index in [9.17, 15) is 4.79 Å². The highest BCUT2D eigenvalue weighted by Crippen LogP contribution is 2.21. The zero-order valence-electron chi connectivity index (χ0n) is 11.4. The van der Waals surface area contributed by atoms with Crippen LogP contribution in [0.2, 0.25) is 0 Å². The number of nitrogens with two attached hydrogens (primary N) is 1. The summed E-state index contributed by atoms with van der Waals surface area (Å²) in [5, 5.41) is 9.12. The Morgan fingerprint density at radius 1 is 1.53 bits per heavy atom. The van der Waals surface area contributed by atoms with E-state index in [0.717, 1.165) is 37.1 Å². The van der Waals surface area contributed by atoms with Gasteiger partial charge in [-0.3, -0.25) is 9.69 Å². The highest BCUT2D eigenvalue weighted by Gasteiger charge is 2.27. The molecule has 4 heteroatoms. The fraction of sp³-hybridized carbons (Fsp3) is 0.533. The second-order valence-corrected chi connectivity index (χ2v) is 5.42. The molecule has 1 fully saturated rings. The summed E-state index contributed by atoms with van der Waals surface area (Å²) in [5.41, 5.74) is 7.93. The lowest BCUT2D eigenvalue weighted by molar-refractivity contribution is -0.143. The molecule has 0 aromatic heterocycles. The Kier molecular flexibility index (Phi) is 4.43. The summed E-state index contributed by atoms with van der Waals surface area (Å²) in [6.45, 7) is 3.79. The topological polar surface area (TPSA) is 66.6 Å². The zero-order chi connectivity index (χ0) is 13.8. The van der Waals surface area contributed by atoms with Gasteiger partial charge in [0.25, 0.3) is 0 Å². The van der Waals surface area contributed by atoms with Crippen LogP contribution in [0.15, 0.2) is 24.3 Å². The first-order valence-corrected chi connectivity index (χ1v) is 6.88. The summed E-state index contributed by atoms with van der Waals surface area (Å²) < 4.78 is 0. The summed E-state index contributed by atoms with van der Waals surface area (Å²) in [4.78, 5) is 13.4. The van der Waals surface area contributed by atoms with Gasteiger partial charge in [-0.2, -0.15) is 0 Å². The SMILES string of the molecule is CC(Cc1ccccc1N)N1CCCC(C(=O)O)C1. The van der Waals surface area contributed by atoms with E-state index in [4.69, 9.17) is 10.8 Å². The fourth-order valence-corrected chi connectivity index (χ4v) is 2.78. The van der Waals surface area contributed by atoms with E-state index in [1.807, 2.05) is 24.3 Å². The number of carboxylic acid groups (broad SMARTS) is 1. The number of aliphatic carboxylic acids is 1. The van der Waals surface area contributed by atoms with E-state index in [0.29, 0.717) is 12.6 Å². The second-order valence-electron chi connectivity index (χ2n) is 5.42. The first-order chi connectivity index (χ1) is 9.08. The van der Waals surface area contributed by atoms with Crippen LogP contribution in [0.3, 0.4) is 0 Å². The van der Waals surface area contributed by atoms with Gasteiger partial charge in [0, 0.05) is 18.3 Å². The number of nitrogen functional groups attached to an aromatic ring is 1. The van der Waals surface area contributed by atoms with Gasteiger partial charge in [0.1, 0.15) is 0 Å². The third kappa shape index (κ3) is 3.47. The number of likely N-dealkylation sites (tertiary alicyclic amines) is 1. The van der Waals surface area contributed by atoms with Crippen molar-refractivity contribution >= 4 is 11.7 Å². The highest BCUT2D eigenvalue weighted by atomic mass is 16.4. The van der Waals surface area contributed by atoms with Crippen LogP contribution in [0.5, 0.6) is 0 Å². The van der Waals surface area contributed by atoms with Gasteiger partial charge in [0.2, 0.25) is 0 Å². The van der Waals surface area contributed by atoms with Crippen LogP contribution in [0.25, 0.3) is 0 Å². The van der Waals surface area contributed by atoms with Crippen molar-refractivity contribution in [3.63, 3.8) is 0 Å². The van der Waals surface area contributed by atoms with Crippen LogP contribution < -0.4 is 5.73 Å². The predicted molar refractivity (Wildman–Crippen MR) is 76.0 cm³/mol. The molecule has 0 radical (unpaired) electrons. The molecule has 2 rings (SSSR count). The molecule has 4 nitrogen and oxygen atoms in total. The average Bonchev–Trinajstić information content (AvgIpc) is 2.41. The summed E-state index contributed by atoms with van der Waals surface area (Å²) in [7, 11) is 0. The van der Waals surface area contributed by atoms with Crippen LogP contribution in [-0.2, 0) is 11.2 Å². The van der Waals surface area contributed by atoms with Gasteiger partial charge in [-0.1, -0.05) is 18.2 Å². The first-order valence-electron chi connectivity index (χ1n) is 6.88. The second kappa shape index (κ2) is 6.06. The number of rotatable bonds is 4. The third-order valence-corrected chi connectivity index (χ3v) is 4.00. The van der Waals surface area contributed by atoms with Crippen molar-refractivity contribution in [1.82, 2.24) is 4.90 Å². The summed E-state index contributed by atoms with van der Waals surface area (Å²) in [6.07, 6.45) is 2.64. The van der Waals surface area contributed by atoms with E-state index in [1.165, 1.54) is 0 Å². The summed E-state index contributed by atoms with van der Waals surface area (Å²) in [6, 6.07) is 8.22. The van der Waals surface area contributed by atoms with Crippen molar-refractivity contribution in [1.29, 1.82) is 0 Å². The van der Waals surface area contributed by atoms with Crippen molar-refractivity contribution in [2.75, 3.05) is 18.8 Å². The molecule has 1 aromatic carbocycles. The summed E-state index contributed by atoms with van der Waals surface area (Å²) >= 11 is 0. The molecule has 2 unspecified atom stereocenters. The van der Waals surface area contributed by atoms with Crippen LogP contribution in [0.1, 0.15) is 25.3 Å². The van der Waals surface area contributed by atoms with Crippen molar-refractivity contribution in [2.45, 2.75) is 32.2 Å². The standard InChI is InChI=1S/C15H22N2O2/c1-11(9-12-5-2-3-7-14(12)16)17-8-4-6-13(10-17)15(18)19/h2-3,5,7,11,13H,4,6,8-10,16H2,1H3,(H,18,19). The number of benzene rings is 1. The Morgan fingerprint density at radius 3 is 2.95 bits per heavy atom. The lowest BCUT2D eigenvalue weighted by atomic mass is 9.95.